The minimum absolute atomic E-state index is 0.0790. The number of halogens is 1. The monoisotopic (exact) mass is 180 g/mol. The highest BCUT2D eigenvalue weighted by Gasteiger charge is 2.08. The Balaban J connectivity index is 2.80. The summed E-state index contributed by atoms with van der Waals surface area (Å²) in [6.07, 6.45) is 0. The number of nitrogen functional groups attached to an aromatic ring is 1. The maximum absolute atomic E-state index is 12.5. The Hall–Kier alpha value is -1.58. The molecule has 1 aromatic heterocycles. The number of oxazole rings is 1. The molecule has 0 spiro atoms. The fourth-order valence-electron chi connectivity index (χ4n) is 1.37. The molecule has 0 saturated heterocycles. The Morgan fingerprint density at radius 1 is 1.54 bits per heavy atom. The largest absolute Gasteiger partial charge is 0.423 e. The molecule has 68 valence electrons. The second-order valence-corrected chi connectivity index (χ2v) is 2.96. The van der Waals surface area contributed by atoms with Crippen molar-refractivity contribution in [1.29, 1.82) is 0 Å². The topological polar surface area (TPSA) is 52.0 Å². The molecule has 1 heterocycles. The Morgan fingerprint density at radius 3 is 3.00 bits per heavy atom. The zero-order valence-corrected chi connectivity index (χ0v) is 7.17. The third kappa shape index (κ3) is 1.24. The van der Waals surface area contributed by atoms with E-state index < -0.39 is 6.67 Å². The lowest BCUT2D eigenvalue weighted by Gasteiger charge is -1.96. The lowest BCUT2D eigenvalue weighted by Crippen LogP contribution is -1.82. The van der Waals surface area contributed by atoms with Crippen LogP contribution >= 0.6 is 0 Å². The molecule has 2 rings (SSSR count). The molecule has 0 aliphatic heterocycles. The van der Waals surface area contributed by atoms with Crippen LogP contribution in [-0.2, 0) is 6.67 Å². The molecule has 0 aliphatic rings. The highest BCUT2D eigenvalue weighted by Crippen LogP contribution is 2.23. The molecule has 0 radical (unpaired) electrons. The van der Waals surface area contributed by atoms with Crippen LogP contribution in [0.5, 0.6) is 0 Å². The van der Waals surface area contributed by atoms with Crippen molar-refractivity contribution in [3.63, 3.8) is 0 Å². The fraction of sp³-hybridized carbons (Fsp3) is 0.222. The van der Waals surface area contributed by atoms with Crippen LogP contribution in [0.25, 0.3) is 11.1 Å². The van der Waals surface area contributed by atoms with Gasteiger partial charge in [-0.1, -0.05) is 0 Å². The number of anilines is 1. The van der Waals surface area contributed by atoms with E-state index in [1.807, 2.05) is 13.0 Å². The summed E-state index contributed by atoms with van der Waals surface area (Å²) in [6.45, 7) is 1.32. The molecule has 0 fully saturated rings. The van der Waals surface area contributed by atoms with Gasteiger partial charge in [0.05, 0.1) is 0 Å². The predicted molar refractivity (Wildman–Crippen MR) is 48.0 cm³/mol. The lowest BCUT2D eigenvalue weighted by atomic mass is 10.1. The van der Waals surface area contributed by atoms with Crippen LogP contribution in [-0.4, -0.2) is 4.98 Å². The summed E-state index contributed by atoms with van der Waals surface area (Å²) in [5.41, 5.74) is 7.88. The lowest BCUT2D eigenvalue weighted by molar-refractivity contribution is 0.481. The quantitative estimate of drug-likeness (QED) is 0.731. The van der Waals surface area contributed by atoms with Crippen LogP contribution in [0.15, 0.2) is 16.5 Å². The van der Waals surface area contributed by atoms with E-state index in [1.165, 1.54) is 0 Å². The van der Waals surface area contributed by atoms with Crippen LogP contribution in [0.3, 0.4) is 0 Å². The fourth-order valence-corrected chi connectivity index (χ4v) is 1.37. The second-order valence-electron chi connectivity index (χ2n) is 2.96. The van der Waals surface area contributed by atoms with Crippen LogP contribution in [0.1, 0.15) is 11.1 Å². The summed E-state index contributed by atoms with van der Waals surface area (Å²) in [5.74, 6) is 0. The first kappa shape index (κ1) is 8.04. The van der Waals surface area contributed by atoms with E-state index in [1.54, 1.807) is 6.07 Å². The van der Waals surface area contributed by atoms with E-state index in [9.17, 15) is 4.39 Å². The van der Waals surface area contributed by atoms with Crippen molar-refractivity contribution in [2.24, 2.45) is 0 Å². The van der Waals surface area contributed by atoms with E-state index in [-0.39, 0.29) is 6.01 Å². The van der Waals surface area contributed by atoms with Gasteiger partial charge in [0.1, 0.15) is 12.2 Å². The molecule has 3 nitrogen and oxygen atoms in total. The van der Waals surface area contributed by atoms with E-state index in [0.29, 0.717) is 16.7 Å². The smallest absolute Gasteiger partial charge is 0.292 e. The summed E-state index contributed by atoms with van der Waals surface area (Å²) in [4.78, 5) is 3.93. The zero-order valence-electron chi connectivity index (χ0n) is 7.17. The summed E-state index contributed by atoms with van der Waals surface area (Å²) >= 11 is 0. The van der Waals surface area contributed by atoms with E-state index in [4.69, 9.17) is 10.2 Å². The normalized spacial score (nSPS) is 10.9. The standard InChI is InChI=1S/C9H9FN2O/c1-5-2-6(4-10)8-7(3-5)12-9(11)13-8/h2-3H,4H2,1H3,(H2,11,12). The summed E-state index contributed by atoms with van der Waals surface area (Å²) in [6, 6.07) is 3.62. The molecule has 0 unspecified atom stereocenters. The third-order valence-electron chi connectivity index (χ3n) is 1.87. The van der Waals surface area contributed by atoms with Crippen molar-refractivity contribution in [2.75, 3.05) is 5.73 Å². The highest BCUT2D eigenvalue weighted by molar-refractivity contribution is 5.78. The van der Waals surface area contributed by atoms with Gasteiger partial charge in [0.25, 0.3) is 6.01 Å². The molecular formula is C9H9FN2O. The number of aryl methyl sites for hydroxylation is 1. The summed E-state index contributed by atoms with van der Waals surface area (Å²) in [7, 11) is 0. The van der Waals surface area contributed by atoms with Gasteiger partial charge in [0.15, 0.2) is 5.58 Å². The third-order valence-corrected chi connectivity index (χ3v) is 1.87. The van der Waals surface area contributed by atoms with Crippen LogP contribution in [0, 0.1) is 6.92 Å². The molecular weight excluding hydrogens is 171 g/mol. The van der Waals surface area contributed by atoms with Crippen LogP contribution in [0.4, 0.5) is 10.4 Å². The first-order chi connectivity index (χ1) is 6.20. The van der Waals surface area contributed by atoms with Crippen molar-refractivity contribution in [1.82, 2.24) is 4.98 Å². The zero-order chi connectivity index (χ0) is 9.42. The maximum Gasteiger partial charge on any atom is 0.292 e. The van der Waals surface area contributed by atoms with Crippen molar-refractivity contribution in [2.45, 2.75) is 13.6 Å². The average Bonchev–Trinajstić information content (AvgIpc) is 2.43. The Labute approximate surface area is 74.4 Å². The molecule has 1 aromatic carbocycles. The van der Waals surface area contributed by atoms with Gasteiger partial charge in [-0.2, -0.15) is 4.98 Å². The number of hydrogen-bond acceptors (Lipinski definition) is 3. The number of rotatable bonds is 1. The van der Waals surface area contributed by atoms with Gasteiger partial charge in [0, 0.05) is 5.56 Å². The molecule has 2 aromatic rings. The second kappa shape index (κ2) is 2.73. The van der Waals surface area contributed by atoms with Crippen LogP contribution < -0.4 is 5.73 Å². The molecule has 0 amide bonds. The van der Waals surface area contributed by atoms with Gasteiger partial charge < -0.3 is 10.2 Å². The molecule has 0 aliphatic carbocycles. The molecule has 0 bridgehead atoms. The number of alkyl halides is 1. The number of nitrogens with zero attached hydrogens (tertiary/aromatic N) is 1. The number of nitrogens with two attached hydrogens (primary N) is 1. The van der Waals surface area contributed by atoms with Crippen molar-refractivity contribution in [3.05, 3.63) is 23.3 Å². The van der Waals surface area contributed by atoms with E-state index in [0.717, 1.165) is 5.56 Å². The van der Waals surface area contributed by atoms with Crippen molar-refractivity contribution >= 4 is 17.1 Å². The predicted octanol–water partition coefficient (Wildman–Crippen LogP) is 2.19. The number of aromatic nitrogens is 1. The Bertz CT molecular complexity index is 450. The van der Waals surface area contributed by atoms with Gasteiger partial charge >= 0.3 is 0 Å². The molecule has 2 N–H and O–H groups in total. The molecule has 0 atom stereocenters. The van der Waals surface area contributed by atoms with Gasteiger partial charge in [-0.05, 0) is 24.6 Å². The molecule has 13 heavy (non-hydrogen) atoms. The highest BCUT2D eigenvalue weighted by atomic mass is 19.1. The van der Waals surface area contributed by atoms with Gasteiger partial charge in [-0.25, -0.2) is 4.39 Å². The van der Waals surface area contributed by atoms with Gasteiger partial charge in [0.2, 0.25) is 0 Å². The van der Waals surface area contributed by atoms with E-state index in [2.05, 4.69) is 4.98 Å². The number of hydrogen-bond donors (Lipinski definition) is 1. The van der Waals surface area contributed by atoms with Gasteiger partial charge in [-0.3, -0.25) is 0 Å². The molecule has 4 heteroatoms. The average molecular weight is 180 g/mol. The van der Waals surface area contributed by atoms with Crippen molar-refractivity contribution in [3.8, 4) is 0 Å². The molecule has 0 saturated carbocycles. The summed E-state index contributed by atoms with van der Waals surface area (Å²) in [5, 5.41) is 0. The maximum atomic E-state index is 12.5. The van der Waals surface area contributed by atoms with E-state index >= 15 is 0 Å². The van der Waals surface area contributed by atoms with Gasteiger partial charge in [-0.15, -0.1) is 0 Å². The first-order valence-corrected chi connectivity index (χ1v) is 3.92. The van der Waals surface area contributed by atoms with Crippen LogP contribution in [0.2, 0.25) is 0 Å². The number of fused-ring (bicyclic) bond motifs is 1. The summed E-state index contributed by atoms with van der Waals surface area (Å²) < 4.78 is 17.6. The Morgan fingerprint density at radius 2 is 2.31 bits per heavy atom. The minimum atomic E-state index is -0.563. The SMILES string of the molecule is Cc1cc(CF)c2oc(N)nc2c1. The first-order valence-electron chi connectivity index (χ1n) is 3.92. The number of benzene rings is 1. The van der Waals surface area contributed by atoms with Crippen molar-refractivity contribution < 1.29 is 8.81 Å². The Kier molecular flexibility index (Phi) is 1.69. The minimum Gasteiger partial charge on any atom is -0.423 e.